The van der Waals surface area contributed by atoms with Gasteiger partial charge in [-0.15, -0.1) is 0 Å². The van der Waals surface area contributed by atoms with E-state index in [2.05, 4.69) is 5.32 Å². The largest absolute Gasteiger partial charge is 0.476 e. The first-order valence-corrected chi connectivity index (χ1v) is 9.39. The zero-order valence-corrected chi connectivity index (χ0v) is 16.4. The molecule has 1 aliphatic heterocycles. The Morgan fingerprint density at radius 3 is 2.61 bits per heavy atom. The number of aryl methyl sites for hydroxylation is 1. The summed E-state index contributed by atoms with van der Waals surface area (Å²) in [6.07, 6.45) is 0.816. The fraction of sp³-hybridized carbons (Fsp3) is 0.364. The number of nitrogens with zero attached hydrogens (tertiary/aromatic N) is 1. The van der Waals surface area contributed by atoms with E-state index in [0.29, 0.717) is 24.4 Å². The van der Waals surface area contributed by atoms with E-state index in [0.717, 1.165) is 11.1 Å². The third-order valence-corrected chi connectivity index (χ3v) is 4.74. The molecule has 0 atom stereocenters. The SMILES string of the molecule is Cc1ccc2c(c1)N(CCC(=O)NCCc1ccc(F)cc1)C(=O)C(C)(C)O2. The van der Waals surface area contributed by atoms with Crippen molar-refractivity contribution in [1.82, 2.24) is 5.32 Å². The highest BCUT2D eigenvalue weighted by Crippen LogP contribution is 2.38. The van der Waals surface area contributed by atoms with Crippen molar-refractivity contribution in [3.8, 4) is 5.75 Å². The van der Waals surface area contributed by atoms with Crippen LogP contribution in [0.2, 0.25) is 0 Å². The van der Waals surface area contributed by atoms with Gasteiger partial charge in [0.05, 0.1) is 5.69 Å². The summed E-state index contributed by atoms with van der Waals surface area (Å²) in [6.45, 7) is 6.15. The molecule has 0 radical (unpaired) electrons. The molecule has 148 valence electrons. The van der Waals surface area contributed by atoms with Gasteiger partial charge in [-0.05, 0) is 62.6 Å². The van der Waals surface area contributed by atoms with Crippen LogP contribution < -0.4 is 15.0 Å². The van der Waals surface area contributed by atoms with Gasteiger partial charge in [-0.2, -0.15) is 0 Å². The predicted octanol–water partition coefficient (Wildman–Crippen LogP) is 3.39. The van der Waals surface area contributed by atoms with Gasteiger partial charge in [0.25, 0.3) is 5.91 Å². The quantitative estimate of drug-likeness (QED) is 0.831. The highest BCUT2D eigenvalue weighted by molar-refractivity contribution is 6.02. The number of nitrogens with one attached hydrogen (secondary N) is 1. The molecule has 1 heterocycles. The van der Waals surface area contributed by atoms with E-state index in [-0.39, 0.29) is 30.6 Å². The van der Waals surface area contributed by atoms with E-state index in [1.54, 1.807) is 30.9 Å². The maximum Gasteiger partial charge on any atom is 0.270 e. The molecule has 0 saturated heterocycles. The summed E-state index contributed by atoms with van der Waals surface area (Å²) in [5, 5.41) is 2.85. The predicted molar refractivity (Wildman–Crippen MR) is 106 cm³/mol. The molecule has 6 heteroatoms. The van der Waals surface area contributed by atoms with E-state index >= 15 is 0 Å². The molecule has 2 amide bonds. The average molecular weight is 384 g/mol. The minimum atomic E-state index is -0.971. The normalized spacial score (nSPS) is 15.0. The number of carbonyl (C=O) groups is 2. The zero-order valence-electron chi connectivity index (χ0n) is 16.4. The molecule has 5 nitrogen and oxygen atoms in total. The van der Waals surface area contributed by atoms with E-state index < -0.39 is 5.60 Å². The summed E-state index contributed by atoms with van der Waals surface area (Å²) in [5.41, 5.74) is 1.70. The lowest BCUT2D eigenvalue weighted by molar-refractivity contribution is -0.132. The topological polar surface area (TPSA) is 58.6 Å². The molecule has 0 saturated carbocycles. The second kappa shape index (κ2) is 8.00. The van der Waals surface area contributed by atoms with Crippen LogP contribution in [-0.2, 0) is 16.0 Å². The molecule has 0 spiro atoms. The monoisotopic (exact) mass is 384 g/mol. The maximum absolute atomic E-state index is 12.9. The van der Waals surface area contributed by atoms with Crippen molar-refractivity contribution in [2.45, 2.75) is 39.2 Å². The smallest absolute Gasteiger partial charge is 0.270 e. The van der Waals surface area contributed by atoms with E-state index in [1.165, 1.54) is 12.1 Å². The number of carbonyl (C=O) groups excluding carboxylic acids is 2. The number of hydrogen-bond acceptors (Lipinski definition) is 3. The van der Waals surface area contributed by atoms with Gasteiger partial charge in [0, 0.05) is 19.5 Å². The molecule has 0 bridgehead atoms. The molecule has 0 aromatic heterocycles. The number of anilines is 1. The molecule has 28 heavy (non-hydrogen) atoms. The molecular formula is C22H25FN2O3. The van der Waals surface area contributed by atoms with Crippen LogP contribution >= 0.6 is 0 Å². The number of rotatable bonds is 6. The van der Waals surface area contributed by atoms with Gasteiger partial charge in [0.1, 0.15) is 11.6 Å². The fourth-order valence-electron chi connectivity index (χ4n) is 3.20. The lowest BCUT2D eigenvalue weighted by atomic mass is 10.0. The van der Waals surface area contributed by atoms with E-state index in [1.807, 2.05) is 25.1 Å². The van der Waals surface area contributed by atoms with Gasteiger partial charge in [-0.25, -0.2) is 4.39 Å². The molecule has 0 aliphatic carbocycles. The lowest BCUT2D eigenvalue weighted by Crippen LogP contribution is -2.53. The summed E-state index contributed by atoms with van der Waals surface area (Å²) < 4.78 is 18.7. The van der Waals surface area contributed by atoms with Crippen LogP contribution in [0.15, 0.2) is 42.5 Å². The molecule has 0 fully saturated rings. The highest BCUT2D eigenvalue weighted by atomic mass is 19.1. The Morgan fingerprint density at radius 2 is 1.89 bits per heavy atom. The van der Waals surface area contributed by atoms with Gasteiger partial charge in [-0.3, -0.25) is 9.59 Å². The molecular weight excluding hydrogens is 359 g/mol. The van der Waals surface area contributed by atoms with Crippen LogP contribution in [0.4, 0.5) is 10.1 Å². The van der Waals surface area contributed by atoms with Gasteiger partial charge in [-0.1, -0.05) is 18.2 Å². The van der Waals surface area contributed by atoms with Crippen molar-refractivity contribution in [2.75, 3.05) is 18.0 Å². The van der Waals surface area contributed by atoms with Crippen LogP contribution in [0.25, 0.3) is 0 Å². The Morgan fingerprint density at radius 1 is 1.18 bits per heavy atom. The summed E-state index contributed by atoms with van der Waals surface area (Å²) in [5.74, 6) is 0.0754. The third kappa shape index (κ3) is 4.50. The number of halogens is 1. The van der Waals surface area contributed by atoms with Gasteiger partial charge in [0.15, 0.2) is 5.60 Å². The van der Waals surface area contributed by atoms with Crippen molar-refractivity contribution in [3.63, 3.8) is 0 Å². The second-order valence-corrected chi connectivity index (χ2v) is 7.52. The summed E-state index contributed by atoms with van der Waals surface area (Å²) in [6, 6.07) is 11.9. The van der Waals surface area contributed by atoms with Gasteiger partial charge in [0.2, 0.25) is 5.91 Å². The first-order chi connectivity index (χ1) is 13.3. The number of fused-ring (bicyclic) bond motifs is 1. The first-order valence-electron chi connectivity index (χ1n) is 9.39. The third-order valence-electron chi connectivity index (χ3n) is 4.74. The van der Waals surface area contributed by atoms with E-state index in [4.69, 9.17) is 4.74 Å². The van der Waals surface area contributed by atoms with Crippen molar-refractivity contribution >= 4 is 17.5 Å². The second-order valence-electron chi connectivity index (χ2n) is 7.52. The lowest BCUT2D eigenvalue weighted by Gasteiger charge is -2.38. The Kier molecular flexibility index (Phi) is 5.68. The Bertz CT molecular complexity index is 878. The van der Waals surface area contributed by atoms with Crippen LogP contribution in [-0.4, -0.2) is 30.5 Å². The fourth-order valence-corrected chi connectivity index (χ4v) is 3.20. The van der Waals surface area contributed by atoms with Crippen molar-refractivity contribution < 1.29 is 18.7 Å². The Balaban J connectivity index is 1.58. The first kappa shape index (κ1) is 19.9. The Labute approximate surface area is 164 Å². The van der Waals surface area contributed by atoms with Crippen LogP contribution in [0.1, 0.15) is 31.4 Å². The van der Waals surface area contributed by atoms with Crippen molar-refractivity contribution in [3.05, 3.63) is 59.4 Å². The summed E-state index contributed by atoms with van der Waals surface area (Å²) in [7, 11) is 0. The van der Waals surface area contributed by atoms with E-state index in [9.17, 15) is 14.0 Å². The number of hydrogen-bond donors (Lipinski definition) is 1. The summed E-state index contributed by atoms with van der Waals surface area (Å²) in [4.78, 5) is 26.7. The average Bonchev–Trinajstić information content (AvgIpc) is 2.64. The highest BCUT2D eigenvalue weighted by Gasteiger charge is 2.40. The Hall–Kier alpha value is -2.89. The molecule has 1 aliphatic rings. The van der Waals surface area contributed by atoms with Crippen LogP contribution in [0.3, 0.4) is 0 Å². The van der Waals surface area contributed by atoms with Crippen LogP contribution in [0.5, 0.6) is 5.75 Å². The molecule has 1 N–H and O–H groups in total. The summed E-state index contributed by atoms with van der Waals surface area (Å²) >= 11 is 0. The molecule has 2 aromatic carbocycles. The molecule has 2 aromatic rings. The maximum atomic E-state index is 12.9. The number of benzene rings is 2. The minimum Gasteiger partial charge on any atom is -0.476 e. The standard InChI is InChI=1S/C22H25FN2O3/c1-15-4-9-19-18(14-15)25(21(27)22(2,3)28-19)13-11-20(26)24-12-10-16-5-7-17(23)8-6-16/h4-9,14H,10-13H2,1-3H3,(H,24,26). The van der Waals surface area contributed by atoms with Gasteiger partial charge < -0.3 is 15.0 Å². The van der Waals surface area contributed by atoms with Crippen molar-refractivity contribution in [1.29, 1.82) is 0 Å². The zero-order chi connectivity index (χ0) is 20.3. The van der Waals surface area contributed by atoms with Gasteiger partial charge >= 0.3 is 0 Å². The minimum absolute atomic E-state index is 0.131. The molecule has 0 unspecified atom stereocenters. The number of ether oxygens (including phenoxy) is 1. The van der Waals surface area contributed by atoms with Crippen molar-refractivity contribution in [2.24, 2.45) is 0 Å². The van der Waals surface area contributed by atoms with Crippen LogP contribution in [0, 0.1) is 12.7 Å². The number of amides is 2. The molecule has 3 rings (SSSR count).